The predicted octanol–water partition coefficient (Wildman–Crippen LogP) is 2.16. The number of halogens is 1. The summed E-state index contributed by atoms with van der Waals surface area (Å²) in [7, 11) is 0. The van der Waals surface area contributed by atoms with Crippen LogP contribution in [0.5, 0.6) is 0 Å². The molecule has 1 amide bonds. The number of amides is 1. The van der Waals surface area contributed by atoms with Crippen LogP contribution in [-0.2, 0) is 11.3 Å². The molecule has 1 atom stereocenters. The van der Waals surface area contributed by atoms with Crippen molar-refractivity contribution < 1.29 is 4.79 Å². The van der Waals surface area contributed by atoms with Gasteiger partial charge in [0.15, 0.2) is 0 Å². The number of rotatable bonds is 4. The van der Waals surface area contributed by atoms with Crippen molar-refractivity contribution in [2.24, 2.45) is 0 Å². The average molecular weight is 297 g/mol. The average Bonchev–Trinajstić information content (AvgIpc) is 2.75. The fraction of sp³-hybridized carbons (Fsp3) is 0.462. The predicted molar refractivity (Wildman–Crippen MR) is 71.6 cm³/mol. The van der Waals surface area contributed by atoms with E-state index in [1.54, 1.807) is 0 Å². The minimum atomic E-state index is 0.0344. The number of hydrogen-bond acceptors (Lipinski definition) is 2. The maximum Gasteiger partial charge on any atom is 0.237 e. The number of carbonyl (C=O) groups is 1. The number of nitrogens with one attached hydrogen (secondary N) is 1. The molecule has 3 nitrogen and oxygen atoms in total. The van der Waals surface area contributed by atoms with Gasteiger partial charge in [0.1, 0.15) is 0 Å². The fourth-order valence-electron chi connectivity index (χ4n) is 2.22. The van der Waals surface area contributed by atoms with Gasteiger partial charge >= 0.3 is 0 Å². The molecule has 0 aromatic heterocycles. The maximum atomic E-state index is 11.7. The molecule has 0 radical (unpaired) electrons. The van der Waals surface area contributed by atoms with Crippen LogP contribution < -0.4 is 5.32 Å². The van der Waals surface area contributed by atoms with Crippen LogP contribution >= 0.6 is 15.9 Å². The fourth-order valence-corrected chi connectivity index (χ4v) is 2.63. The molecule has 1 saturated heterocycles. The van der Waals surface area contributed by atoms with Crippen LogP contribution in [0.1, 0.15) is 18.9 Å². The Bertz CT molecular complexity index is 408. The number of hydrogen-bond donors (Lipinski definition) is 1. The summed E-state index contributed by atoms with van der Waals surface area (Å²) in [6, 6.07) is 8.21. The Morgan fingerprint density at radius 1 is 1.47 bits per heavy atom. The Morgan fingerprint density at radius 3 is 2.82 bits per heavy atom. The van der Waals surface area contributed by atoms with E-state index in [0.29, 0.717) is 0 Å². The van der Waals surface area contributed by atoms with E-state index in [4.69, 9.17) is 0 Å². The molecule has 1 aromatic rings. The molecular weight excluding hydrogens is 280 g/mol. The Hall–Kier alpha value is -0.870. The second-order valence-electron chi connectivity index (χ2n) is 4.25. The lowest BCUT2D eigenvalue weighted by Crippen LogP contribution is -2.40. The molecule has 1 heterocycles. The summed E-state index contributed by atoms with van der Waals surface area (Å²) in [4.78, 5) is 13.9. The van der Waals surface area contributed by atoms with Gasteiger partial charge in [-0.15, -0.1) is 0 Å². The second kappa shape index (κ2) is 5.65. The Labute approximate surface area is 110 Å². The summed E-state index contributed by atoms with van der Waals surface area (Å²) in [6.45, 7) is 4.60. The summed E-state index contributed by atoms with van der Waals surface area (Å²) in [5.41, 5.74) is 1.23. The van der Waals surface area contributed by atoms with E-state index in [9.17, 15) is 4.79 Å². The monoisotopic (exact) mass is 296 g/mol. The Kier molecular flexibility index (Phi) is 4.18. The van der Waals surface area contributed by atoms with Crippen LogP contribution in [0.3, 0.4) is 0 Å². The van der Waals surface area contributed by atoms with Crippen LogP contribution in [-0.4, -0.2) is 29.9 Å². The summed E-state index contributed by atoms with van der Waals surface area (Å²) in [5.74, 6) is 0.166. The number of carbonyl (C=O) groups excluding carboxylic acids is 1. The minimum Gasteiger partial charge on any atom is -0.355 e. The van der Waals surface area contributed by atoms with Crippen LogP contribution in [0.15, 0.2) is 28.7 Å². The third kappa shape index (κ3) is 2.87. The van der Waals surface area contributed by atoms with Gasteiger partial charge in [0.2, 0.25) is 5.91 Å². The van der Waals surface area contributed by atoms with Crippen molar-refractivity contribution in [3.63, 3.8) is 0 Å². The molecule has 1 aromatic carbocycles. The van der Waals surface area contributed by atoms with Gasteiger partial charge in [-0.25, -0.2) is 0 Å². The molecule has 1 aliphatic rings. The van der Waals surface area contributed by atoms with E-state index >= 15 is 0 Å². The van der Waals surface area contributed by atoms with Crippen LogP contribution in [0, 0.1) is 0 Å². The van der Waals surface area contributed by atoms with E-state index in [2.05, 4.69) is 39.1 Å². The highest BCUT2D eigenvalue weighted by Crippen LogP contribution is 2.20. The second-order valence-corrected chi connectivity index (χ2v) is 5.10. The summed E-state index contributed by atoms with van der Waals surface area (Å²) < 4.78 is 1.11. The molecule has 0 spiro atoms. The Balaban J connectivity index is 2.10. The van der Waals surface area contributed by atoms with Gasteiger partial charge in [-0.1, -0.05) is 41.1 Å². The summed E-state index contributed by atoms with van der Waals surface area (Å²) in [6.07, 6.45) is 0.914. The molecule has 4 heteroatoms. The van der Waals surface area contributed by atoms with E-state index in [1.165, 1.54) is 5.56 Å². The topological polar surface area (TPSA) is 32.3 Å². The molecule has 2 rings (SSSR count). The van der Waals surface area contributed by atoms with Gasteiger partial charge in [0.25, 0.3) is 0 Å². The lowest BCUT2D eigenvalue weighted by atomic mass is 10.1. The van der Waals surface area contributed by atoms with Crippen molar-refractivity contribution in [1.82, 2.24) is 10.2 Å². The quantitative estimate of drug-likeness (QED) is 0.923. The standard InChI is InChI=1S/C13H17BrN2O/c1-2-16(12-7-8-15-13(12)17)9-10-5-3-4-6-11(10)14/h3-6,12H,2,7-9H2,1H3,(H,15,17)/t12-/m0/s1. The largest absolute Gasteiger partial charge is 0.355 e. The number of benzene rings is 1. The van der Waals surface area contributed by atoms with E-state index in [-0.39, 0.29) is 11.9 Å². The molecule has 0 saturated carbocycles. The third-order valence-electron chi connectivity index (χ3n) is 3.20. The lowest BCUT2D eigenvalue weighted by Gasteiger charge is -2.25. The Morgan fingerprint density at radius 2 is 2.24 bits per heavy atom. The normalized spacial score (nSPS) is 19.7. The van der Waals surface area contributed by atoms with Gasteiger partial charge in [0.05, 0.1) is 6.04 Å². The van der Waals surface area contributed by atoms with Crippen molar-refractivity contribution in [3.05, 3.63) is 34.3 Å². The minimum absolute atomic E-state index is 0.0344. The molecule has 17 heavy (non-hydrogen) atoms. The third-order valence-corrected chi connectivity index (χ3v) is 3.97. The zero-order chi connectivity index (χ0) is 12.3. The summed E-state index contributed by atoms with van der Waals surface area (Å²) in [5, 5.41) is 2.89. The van der Waals surface area contributed by atoms with Crippen molar-refractivity contribution in [2.75, 3.05) is 13.1 Å². The van der Waals surface area contributed by atoms with E-state index in [0.717, 1.165) is 30.5 Å². The van der Waals surface area contributed by atoms with Gasteiger partial charge in [0, 0.05) is 17.6 Å². The highest BCUT2D eigenvalue weighted by Gasteiger charge is 2.29. The first-order valence-corrected chi connectivity index (χ1v) is 6.77. The van der Waals surface area contributed by atoms with Crippen molar-refractivity contribution in [2.45, 2.75) is 25.9 Å². The SMILES string of the molecule is CCN(Cc1ccccc1Br)[C@H]1CCNC1=O. The van der Waals surface area contributed by atoms with E-state index in [1.807, 2.05) is 18.2 Å². The molecule has 0 aliphatic carbocycles. The molecular formula is C13H17BrN2O. The molecule has 0 bridgehead atoms. The number of nitrogens with zero attached hydrogens (tertiary/aromatic N) is 1. The van der Waals surface area contributed by atoms with Crippen molar-refractivity contribution in [3.8, 4) is 0 Å². The zero-order valence-electron chi connectivity index (χ0n) is 9.95. The van der Waals surface area contributed by atoms with Gasteiger partial charge in [-0.2, -0.15) is 0 Å². The molecule has 0 unspecified atom stereocenters. The highest BCUT2D eigenvalue weighted by molar-refractivity contribution is 9.10. The maximum absolute atomic E-state index is 11.7. The van der Waals surface area contributed by atoms with Crippen LogP contribution in [0.2, 0.25) is 0 Å². The first-order valence-electron chi connectivity index (χ1n) is 5.97. The van der Waals surface area contributed by atoms with Crippen molar-refractivity contribution >= 4 is 21.8 Å². The van der Waals surface area contributed by atoms with Gasteiger partial charge in [-0.05, 0) is 24.6 Å². The first kappa shape index (κ1) is 12.6. The van der Waals surface area contributed by atoms with Crippen LogP contribution in [0.4, 0.5) is 0 Å². The van der Waals surface area contributed by atoms with Gasteiger partial charge in [-0.3, -0.25) is 9.69 Å². The molecule has 1 N–H and O–H groups in total. The smallest absolute Gasteiger partial charge is 0.237 e. The molecule has 1 fully saturated rings. The lowest BCUT2D eigenvalue weighted by molar-refractivity contribution is -0.123. The zero-order valence-corrected chi connectivity index (χ0v) is 11.5. The van der Waals surface area contributed by atoms with E-state index < -0.39 is 0 Å². The van der Waals surface area contributed by atoms with Crippen LogP contribution in [0.25, 0.3) is 0 Å². The molecule has 92 valence electrons. The highest BCUT2D eigenvalue weighted by atomic mass is 79.9. The summed E-state index contributed by atoms with van der Waals surface area (Å²) >= 11 is 3.55. The van der Waals surface area contributed by atoms with Crippen molar-refractivity contribution in [1.29, 1.82) is 0 Å². The molecule has 1 aliphatic heterocycles. The number of likely N-dealkylation sites (N-methyl/N-ethyl adjacent to an activating group) is 1. The first-order chi connectivity index (χ1) is 8.22. The van der Waals surface area contributed by atoms with Gasteiger partial charge < -0.3 is 5.32 Å².